The second-order valence-electron chi connectivity index (χ2n) is 5.05. The first-order chi connectivity index (χ1) is 10.6. The van der Waals surface area contributed by atoms with E-state index in [9.17, 15) is 4.79 Å². The van der Waals surface area contributed by atoms with Crippen LogP contribution in [0.15, 0.2) is 48.5 Å². The molecular formula is C18H21NO3. The van der Waals surface area contributed by atoms with E-state index in [2.05, 4.69) is 5.32 Å². The van der Waals surface area contributed by atoms with Gasteiger partial charge in [-0.25, -0.2) is 0 Å². The van der Waals surface area contributed by atoms with Crippen molar-refractivity contribution in [1.29, 1.82) is 0 Å². The molecule has 116 valence electrons. The topological polar surface area (TPSA) is 47.6 Å². The molecular weight excluding hydrogens is 278 g/mol. The molecule has 1 N–H and O–H groups in total. The molecule has 0 aliphatic heterocycles. The summed E-state index contributed by atoms with van der Waals surface area (Å²) in [6, 6.07) is 15.3. The predicted molar refractivity (Wildman–Crippen MR) is 86.2 cm³/mol. The fourth-order valence-electron chi connectivity index (χ4n) is 2.31. The van der Waals surface area contributed by atoms with Crippen LogP contribution in [-0.2, 0) is 11.2 Å². The Morgan fingerprint density at radius 3 is 2.45 bits per heavy atom. The van der Waals surface area contributed by atoms with Crippen molar-refractivity contribution in [2.24, 2.45) is 0 Å². The van der Waals surface area contributed by atoms with Crippen molar-refractivity contribution in [3.05, 3.63) is 59.7 Å². The average Bonchev–Trinajstić information content (AvgIpc) is 2.55. The number of hydrogen-bond acceptors (Lipinski definition) is 3. The molecule has 4 nitrogen and oxygen atoms in total. The van der Waals surface area contributed by atoms with Crippen LogP contribution in [0.25, 0.3) is 0 Å². The maximum absolute atomic E-state index is 12.3. The van der Waals surface area contributed by atoms with Crippen LogP contribution in [0.4, 0.5) is 0 Å². The Hall–Kier alpha value is -2.49. The van der Waals surface area contributed by atoms with Gasteiger partial charge in [0.2, 0.25) is 5.91 Å². The molecule has 0 spiro atoms. The molecule has 0 unspecified atom stereocenters. The van der Waals surface area contributed by atoms with Gasteiger partial charge in [0.25, 0.3) is 0 Å². The zero-order valence-electron chi connectivity index (χ0n) is 13.1. The second kappa shape index (κ2) is 7.50. The van der Waals surface area contributed by atoms with Gasteiger partial charge in [-0.05, 0) is 30.7 Å². The molecule has 1 atom stereocenters. The van der Waals surface area contributed by atoms with Gasteiger partial charge in [-0.2, -0.15) is 0 Å². The summed E-state index contributed by atoms with van der Waals surface area (Å²) in [5.41, 5.74) is 1.88. The smallest absolute Gasteiger partial charge is 0.225 e. The minimum atomic E-state index is -0.0529. The maximum atomic E-state index is 12.3. The molecule has 4 heteroatoms. The summed E-state index contributed by atoms with van der Waals surface area (Å²) < 4.78 is 10.5. The first-order valence-corrected chi connectivity index (χ1v) is 7.19. The molecule has 0 aromatic heterocycles. The summed E-state index contributed by atoms with van der Waals surface area (Å²) in [6.07, 6.45) is 0.248. The number of ether oxygens (including phenoxy) is 2. The van der Waals surface area contributed by atoms with E-state index in [0.717, 1.165) is 11.1 Å². The van der Waals surface area contributed by atoms with Gasteiger partial charge < -0.3 is 14.8 Å². The van der Waals surface area contributed by atoms with Crippen LogP contribution in [0.5, 0.6) is 11.5 Å². The van der Waals surface area contributed by atoms with Crippen LogP contribution < -0.4 is 14.8 Å². The van der Waals surface area contributed by atoms with Gasteiger partial charge in [-0.15, -0.1) is 0 Å². The summed E-state index contributed by atoms with van der Waals surface area (Å²) in [6.45, 7) is 1.97. The summed E-state index contributed by atoms with van der Waals surface area (Å²) >= 11 is 0. The Morgan fingerprint density at radius 2 is 1.82 bits per heavy atom. The highest BCUT2D eigenvalue weighted by molar-refractivity contribution is 5.80. The molecule has 0 radical (unpaired) electrons. The van der Waals surface area contributed by atoms with Crippen LogP contribution in [0.2, 0.25) is 0 Å². The molecule has 0 bridgehead atoms. The van der Waals surface area contributed by atoms with Crippen LogP contribution >= 0.6 is 0 Å². The fourth-order valence-corrected chi connectivity index (χ4v) is 2.31. The van der Waals surface area contributed by atoms with Gasteiger partial charge in [-0.3, -0.25) is 4.79 Å². The van der Waals surface area contributed by atoms with Crippen LogP contribution in [0, 0.1) is 0 Å². The van der Waals surface area contributed by atoms with Gasteiger partial charge in [0.05, 0.1) is 26.7 Å². The van der Waals surface area contributed by atoms with Gasteiger partial charge >= 0.3 is 0 Å². The summed E-state index contributed by atoms with van der Waals surface area (Å²) in [5.74, 6) is 1.34. The van der Waals surface area contributed by atoms with Crippen LogP contribution in [-0.4, -0.2) is 20.1 Å². The highest BCUT2D eigenvalue weighted by Crippen LogP contribution is 2.24. The lowest BCUT2D eigenvalue weighted by molar-refractivity contribution is -0.121. The number of nitrogens with one attached hydrogen (secondary N) is 1. The molecule has 0 saturated heterocycles. The van der Waals surface area contributed by atoms with Gasteiger partial charge in [0.15, 0.2) is 0 Å². The Kier molecular flexibility index (Phi) is 5.42. The third-order valence-corrected chi connectivity index (χ3v) is 3.52. The molecule has 2 aromatic carbocycles. The summed E-state index contributed by atoms with van der Waals surface area (Å²) in [5, 5.41) is 3.00. The third kappa shape index (κ3) is 4.01. The largest absolute Gasteiger partial charge is 0.497 e. The van der Waals surface area contributed by atoms with Crippen molar-refractivity contribution in [3.63, 3.8) is 0 Å². The standard InChI is InChI=1S/C18H21NO3/c1-13(14-7-5-4-6-8-14)19-18(20)12-15-11-16(21-2)9-10-17(15)22-3/h4-11,13H,12H2,1-3H3,(H,19,20)/t13-/m0/s1. The van der Waals surface area contributed by atoms with Crippen molar-refractivity contribution < 1.29 is 14.3 Å². The normalized spacial score (nSPS) is 11.6. The Balaban J connectivity index is 2.05. The molecule has 0 heterocycles. The van der Waals surface area contributed by atoms with E-state index in [0.29, 0.717) is 11.5 Å². The van der Waals surface area contributed by atoms with Crippen molar-refractivity contribution >= 4 is 5.91 Å². The van der Waals surface area contributed by atoms with Crippen molar-refractivity contribution in [2.45, 2.75) is 19.4 Å². The highest BCUT2D eigenvalue weighted by Gasteiger charge is 2.13. The molecule has 0 fully saturated rings. The second-order valence-corrected chi connectivity index (χ2v) is 5.05. The quantitative estimate of drug-likeness (QED) is 0.891. The van der Waals surface area contributed by atoms with Gasteiger partial charge in [0.1, 0.15) is 11.5 Å². The number of amides is 1. The van der Waals surface area contributed by atoms with Crippen LogP contribution in [0.1, 0.15) is 24.1 Å². The van der Waals surface area contributed by atoms with Gasteiger partial charge in [0, 0.05) is 5.56 Å². The fraction of sp³-hybridized carbons (Fsp3) is 0.278. The van der Waals surface area contributed by atoms with Crippen LogP contribution in [0.3, 0.4) is 0 Å². The van der Waals surface area contributed by atoms with E-state index in [1.807, 2.05) is 55.5 Å². The Morgan fingerprint density at radius 1 is 1.09 bits per heavy atom. The first kappa shape index (κ1) is 15.9. The molecule has 1 amide bonds. The Labute approximate surface area is 131 Å². The minimum absolute atomic E-state index is 0.0368. The lowest BCUT2D eigenvalue weighted by atomic mass is 10.1. The number of carbonyl (C=O) groups excluding carboxylic acids is 1. The van der Waals surface area contributed by atoms with E-state index in [4.69, 9.17) is 9.47 Å². The van der Waals surface area contributed by atoms with Crippen molar-refractivity contribution in [2.75, 3.05) is 14.2 Å². The van der Waals surface area contributed by atoms with Gasteiger partial charge in [-0.1, -0.05) is 30.3 Å². The molecule has 2 aromatic rings. The summed E-state index contributed by atoms with van der Waals surface area (Å²) in [4.78, 5) is 12.3. The van der Waals surface area contributed by atoms with E-state index >= 15 is 0 Å². The number of rotatable bonds is 6. The lowest BCUT2D eigenvalue weighted by Crippen LogP contribution is -2.28. The first-order valence-electron chi connectivity index (χ1n) is 7.19. The van der Waals surface area contributed by atoms with E-state index in [1.54, 1.807) is 14.2 Å². The predicted octanol–water partition coefficient (Wildman–Crippen LogP) is 3.12. The molecule has 2 rings (SSSR count). The minimum Gasteiger partial charge on any atom is -0.497 e. The number of hydrogen-bond donors (Lipinski definition) is 1. The summed E-state index contributed by atoms with van der Waals surface area (Å²) in [7, 11) is 3.19. The van der Waals surface area contributed by atoms with E-state index in [-0.39, 0.29) is 18.4 Å². The zero-order chi connectivity index (χ0) is 15.9. The zero-order valence-corrected chi connectivity index (χ0v) is 13.1. The van der Waals surface area contributed by atoms with Crippen molar-refractivity contribution in [3.8, 4) is 11.5 Å². The average molecular weight is 299 g/mol. The number of benzene rings is 2. The molecule has 22 heavy (non-hydrogen) atoms. The Bertz CT molecular complexity index is 625. The maximum Gasteiger partial charge on any atom is 0.225 e. The highest BCUT2D eigenvalue weighted by atomic mass is 16.5. The third-order valence-electron chi connectivity index (χ3n) is 3.52. The SMILES string of the molecule is COc1ccc(OC)c(CC(=O)N[C@@H](C)c2ccccc2)c1. The van der Waals surface area contributed by atoms with Crippen molar-refractivity contribution in [1.82, 2.24) is 5.32 Å². The molecule has 0 aliphatic rings. The van der Waals surface area contributed by atoms with E-state index < -0.39 is 0 Å². The molecule has 0 saturated carbocycles. The monoisotopic (exact) mass is 299 g/mol. The molecule has 0 aliphatic carbocycles. The lowest BCUT2D eigenvalue weighted by Gasteiger charge is -2.15. The van der Waals surface area contributed by atoms with E-state index in [1.165, 1.54) is 0 Å². The number of carbonyl (C=O) groups is 1. The number of methoxy groups -OCH3 is 2.